The van der Waals surface area contributed by atoms with Gasteiger partial charge < -0.3 is 9.84 Å². The van der Waals surface area contributed by atoms with Crippen LogP contribution >= 0.6 is 37.2 Å². The number of ether oxygens (including phenoxy) is 1. The molecular formula is C32H34Cl3F2N3O2. The quantitative estimate of drug-likeness (QED) is 0.263. The number of alkyl halides is 2. The van der Waals surface area contributed by atoms with Crippen LogP contribution in [0.15, 0.2) is 85.1 Å². The fourth-order valence-corrected chi connectivity index (χ4v) is 6.69. The van der Waals surface area contributed by atoms with Crippen molar-refractivity contribution in [1.29, 1.82) is 0 Å². The van der Waals surface area contributed by atoms with Gasteiger partial charge in [0.1, 0.15) is 18.5 Å². The lowest BCUT2D eigenvalue weighted by molar-refractivity contribution is 0.0400. The fourth-order valence-electron chi connectivity index (χ4n) is 6.69. The van der Waals surface area contributed by atoms with Gasteiger partial charge in [0.25, 0.3) is 5.92 Å². The summed E-state index contributed by atoms with van der Waals surface area (Å²) in [5, 5.41) is 11.7. The number of rotatable bonds is 6. The third-order valence-corrected chi connectivity index (χ3v) is 8.58. The van der Waals surface area contributed by atoms with E-state index in [1.165, 1.54) is 0 Å². The topological polar surface area (TPSA) is 48.8 Å². The summed E-state index contributed by atoms with van der Waals surface area (Å²) in [6, 6.07) is 25.1. The fraction of sp³-hybridized carbons (Fsp3) is 0.344. The highest BCUT2D eigenvalue weighted by molar-refractivity contribution is 5.86. The number of piperazine rings is 1. The molecule has 0 radical (unpaired) electrons. The van der Waals surface area contributed by atoms with Crippen LogP contribution in [0.4, 0.5) is 8.78 Å². The molecule has 2 fully saturated rings. The van der Waals surface area contributed by atoms with Crippen molar-refractivity contribution < 1.29 is 18.6 Å². The number of hydrogen-bond acceptors (Lipinski definition) is 5. The maximum absolute atomic E-state index is 15.0. The number of benzene rings is 3. The highest BCUT2D eigenvalue weighted by atomic mass is 35.5. The van der Waals surface area contributed by atoms with E-state index in [1.54, 1.807) is 6.20 Å². The third-order valence-electron chi connectivity index (χ3n) is 8.58. The molecule has 224 valence electrons. The van der Waals surface area contributed by atoms with Crippen molar-refractivity contribution in [3.63, 3.8) is 0 Å². The van der Waals surface area contributed by atoms with Gasteiger partial charge in [-0.15, -0.1) is 37.2 Å². The minimum atomic E-state index is -2.70. The van der Waals surface area contributed by atoms with E-state index in [9.17, 15) is 13.9 Å². The van der Waals surface area contributed by atoms with E-state index in [-0.39, 0.29) is 49.9 Å². The number of aliphatic hydroxyl groups excluding tert-OH is 1. The molecule has 2 heterocycles. The first kappa shape index (κ1) is 32.4. The van der Waals surface area contributed by atoms with E-state index in [1.807, 2.05) is 78.9 Å². The second-order valence-corrected chi connectivity index (χ2v) is 10.9. The standard InChI is InChI=1S/C32H31F2N3O2.3ClH/c33-32(34)29-22-7-1-3-9-24(22)31(25-10-4-2-8-23(25)30(29)32)37-17-15-36(16-18-37)19-21(38)20-39-28-13-5-12-27-26(28)11-6-14-35-27;;;/h1-14,21,29-31,38H,15-20H2;3*1H/t21-,29-,30+,31-;;;/m1.../s1. The van der Waals surface area contributed by atoms with Crippen LogP contribution in [-0.4, -0.2) is 71.2 Å². The van der Waals surface area contributed by atoms with E-state index in [0.717, 1.165) is 65.1 Å². The Morgan fingerprint density at radius 1 is 0.786 bits per heavy atom. The van der Waals surface area contributed by atoms with Crippen molar-refractivity contribution >= 4 is 48.1 Å². The Morgan fingerprint density at radius 3 is 2.00 bits per heavy atom. The van der Waals surface area contributed by atoms with Gasteiger partial charge in [0.05, 0.1) is 23.4 Å². The second-order valence-electron chi connectivity index (χ2n) is 10.9. The number of hydrogen-bond donors (Lipinski definition) is 1. The maximum Gasteiger partial charge on any atom is 0.263 e. The zero-order valence-electron chi connectivity index (χ0n) is 22.8. The van der Waals surface area contributed by atoms with Crippen LogP contribution in [0.3, 0.4) is 0 Å². The lowest BCUT2D eigenvalue weighted by atomic mass is 9.90. The number of aromatic nitrogens is 1. The van der Waals surface area contributed by atoms with Crippen LogP contribution < -0.4 is 4.74 Å². The van der Waals surface area contributed by atoms with Crippen LogP contribution in [0.2, 0.25) is 0 Å². The van der Waals surface area contributed by atoms with Crippen LogP contribution in [0, 0.1) is 0 Å². The van der Waals surface area contributed by atoms with Crippen molar-refractivity contribution in [3.05, 3.63) is 107 Å². The smallest absolute Gasteiger partial charge is 0.263 e. The molecule has 0 spiro atoms. The molecule has 1 aromatic heterocycles. The normalized spacial score (nSPS) is 23.0. The van der Waals surface area contributed by atoms with Gasteiger partial charge in [-0.25, -0.2) is 8.78 Å². The molecule has 0 unspecified atom stereocenters. The molecule has 5 nitrogen and oxygen atoms in total. The van der Waals surface area contributed by atoms with Gasteiger partial charge in [0.15, 0.2) is 0 Å². The van der Waals surface area contributed by atoms with Crippen LogP contribution in [0.1, 0.15) is 40.1 Å². The molecule has 42 heavy (non-hydrogen) atoms. The molecule has 3 aliphatic rings. The molecule has 3 aromatic carbocycles. The first-order valence-corrected chi connectivity index (χ1v) is 13.7. The molecule has 4 aromatic rings. The van der Waals surface area contributed by atoms with Gasteiger partial charge in [0.2, 0.25) is 0 Å². The van der Waals surface area contributed by atoms with Crippen LogP contribution in [-0.2, 0) is 0 Å². The molecule has 10 heteroatoms. The maximum atomic E-state index is 15.0. The molecule has 0 amide bonds. The number of nitrogens with zero attached hydrogens (tertiary/aromatic N) is 3. The highest BCUT2D eigenvalue weighted by Gasteiger charge is 2.71. The predicted octanol–water partition coefficient (Wildman–Crippen LogP) is 6.48. The molecule has 1 aliphatic heterocycles. The average Bonchev–Trinajstić information content (AvgIpc) is 3.58. The monoisotopic (exact) mass is 635 g/mol. The molecule has 1 N–H and O–H groups in total. The number of pyridine rings is 1. The van der Waals surface area contributed by atoms with Gasteiger partial charge in [0, 0.05) is 44.3 Å². The van der Waals surface area contributed by atoms with Crippen molar-refractivity contribution in [2.45, 2.75) is 29.9 Å². The number of fused-ring (bicyclic) bond motifs is 6. The van der Waals surface area contributed by atoms with Crippen LogP contribution in [0.25, 0.3) is 10.9 Å². The minimum absolute atomic E-state index is 0. The molecule has 0 bridgehead atoms. The lowest BCUT2D eigenvalue weighted by Crippen LogP contribution is -2.50. The predicted molar refractivity (Wildman–Crippen MR) is 168 cm³/mol. The van der Waals surface area contributed by atoms with Crippen LogP contribution in [0.5, 0.6) is 5.75 Å². The number of aliphatic hydroxyl groups is 1. The number of halogens is 5. The molecule has 2 aliphatic carbocycles. The van der Waals surface area contributed by atoms with Crippen molar-refractivity contribution in [2.24, 2.45) is 0 Å². The van der Waals surface area contributed by atoms with Crippen molar-refractivity contribution in [2.75, 3.05) is 39.3 Å². The van der Waals surface area contributed by atoms with E-state index in [0.29, 0.717) is 6.54 Å². The molecule has 1 saturated carbocycles. The first-order chi connectivity index (χ1) is 19.0. The summed E-state index contributed by atoms with van der Waals surface area (Å²) >= 11 is 0. The Kier molecular flexibility index (Phi) is 10.0. The molecule has 4 atom stereocenters. The summed E-state index contributed by atoms with van der Waals surface area (Å²) in [6.45, 7) is 3.89. The first-order valence-electron chi connectivity index (χ1n) is 13.7. The van der Waals surface area contributed by atoms with Gasteiger partial charge in [-0.1, -0.05) is 54.6 Å². The van der Waals surface area contributed by atoms with Gasteiger partial charge >= 0.3 is 0 Å². The summed E-state index contributed by atoms with van der Waals surface area (Å²) in [4.78, 5) is 9.04. The molecular weight excluding hydrogens is 603 g/mol. The molecule has 1 saturated heterocycles. The zero-order chi connectivity index (χ0) is 26.6. The SMILES string of the molecule is Cl.Cl.Cl.O[C@@H](COc1cccc2ncccc12)CN1CCN([C@@H]2c3ccccc3[C@@H]3[C@H](c4ccccc42)C3(F)F)CC1. The lowest BCUT2D eigenvalue weighted by Gasteiger charge is -2.41. The zero-order valence-corrected chi connectivity index (χ0v) is 25.3. The van der Waals surface area contributed by atoms with Gasteiger partial charge in [-0.05, 0) is 46.5 Å². The average molecular weight is 637 g/mol. The summed E-state index contributed by atoms with van der Waals surface area (Å²) in [7, 11) is 0. The van der Waals surface area contributed by atoms with Gasteiger partial charge in [-0.3, -0.25) is 14.8 Å². The summed E-state index contributed by atoms with van der Waals surface area (Å²) < 4.78 is 35.9. The largest absolute Gasteiger partial charge is 0.490 e. The van der Waals surface area contributed by atoms with E-state index in [4.69, 9.17) is 4.74 Å². The Bertz CT molecular complexity index is 1460. The molecule has 7 rings (SSSR count). The minimum Gasteiger partial charge on any atom is -0.490 e. The summed E-state index contributed by atoms with van der Waals surface area (Å²) in [6.07, 6.45) is 1.13. The van der Waals surface area contributed by atoms with E-state index >= 15 is 0 Å². The van der Waals surface area contributed by atoms with Crippen molar-refractivity contribution in [1.82, 2.24) is 14.8 Å². The summed E-state index contributed by atoms with van der Waals surface area (Å²) in [5.74, 6) is -3.46. The third kappa shape index (κ3) is 5.71. The Labute approximate surface area is 263 Å². The Morgan fingerprint density at radius 2 is 1.38 bits per heavy atom. The van der Waals surface area contributed by atoms with E-state index < -0.39 is 23.9 Å². The second kappa shape index (κ2) is 13.0. The summed E-state index contributed by atoms with van der Waals surface area (Å²) in [5.41, 5.74) is 4.44. The van der Waals surface area contributed by atoms with Gasteiger partial charge in [-0.2, -0.15) is 0 Å². The number of β-amino-alcohol motifs (C(OH)–C–C–N with tert-alkyl or cyclic N) is 1. The van der Waals surface area contributed by atoms with Crippen molar-refractivity contribution in [3.8, 4) is 5.75 Å². The highest BCUT2D eigenvalue weighted by Crippen LogP contribution is 2.70. The Hall–Kier alpha value is -2.52. The Balaban J connectivity index is 0.00000135. The van der Waals surface area contributed by atoms with E-state index in [2.05, 4.69) is 14.8 Å².